The Morgan fingerprint density at radius 3 is 2.36 bits per heavy atom. The van der Waals surface area contributed by atoms with Crippen molar-refractivity contribution in [3.05, 3.63) is 0 Å². The van der Waals surface area contributed by atoms with Crippen molar-refractivity contribution in [1.82, 2.24) is 0 Å². The maximum atomic E-state index is 6.43. The van der Waals surface area contributed by atoms with Gasteiger partial charge in [-0.2, -0.15) is 0 Å². The van der Waals surface area contributed by atoms with E-state index in [1.54, 1.807) is 0 Å². The van der Waals surface area contributed by atoms with Gasteiger partial charge in [-0.15, -0.1) is 11.6 Å². The Labute approximate surface area is 94.4 Å². The van der Waals surface area contributed by atoms with Crippen molar-refractivity contribution in [1.29, 1.82) is 0 Å². The molecule has 0 aliphatic heterocycles. The second-order valence-corrected chi connectivity index (χ2v) is 5.59. The van der Waals surface area contributed by atoms with Gasteiger partial charge in [-0.05, 0) is 37.5 Å². The summed E-state index contributed by atoms with van der Waals surface area (Å²) >= 11 is 6.43. The average molecular weight is 217 g/mol. The Balaban J connectivity index is 2.10. The first-order chi connectivity index (χ1) is 6.74. The third-order valence-electron chi connectivity index (χ3n) is 3.63. The van der Waals surface area contributed by atoms with Crippen molar-refractivity contribution in [2.75, 3.05) is 0 Å². The highest BCUT2D eigenvalue weighted by Crippen LogP contribution is 2.33. The van der Waals surface area contributed by atoms with E-state index in [2.05, 4.69) is 13.8 Å². The summed E-state index contributed by atoms with van der Waals surface area (Å²) in [4.78, 5) is 0. The minimum atomic E-state index is 0.469. The van der Waals surface area contributed by atoms with Gasteiger partial charge in [0.15, 0.2) is 0 Å². The van der Waals surface area contributed by atoms with Gasteiger partial charge in [-0.25, -0.2) is 0 Å². The van der Waals surface area contributed by atoms with Crippen molar-refractivity contribution < 1.29 is 0 Å². The predicted molar refractivity (Wildman–Crippen MR) is 64.9 cm³/mol. The number of alkyl halides is 1. The highest BCUT2D eigenvalue weighted by molar-refractivity contribution is 6.20. The molecule has 0 aromatic carbocycles. The molecule has 1 heteroatoms. The third-order valence-corrected chi connectivity index (χ3v) is 4.20. The largest absolute Gasteiger partial charge is 0.123 e. The number of hydrogen-bond donors (Lipinski definition) is 0. The van der Waals surface area contributed by atoms with Crippen molar-refractivity contribution in [2.24, 2.45) is 11.8 Å². The molecule has 0 spiro atoms. The minimum absolute atomic E-state index is 0.469. The van der Waals surface area contributed by atoms with E-state index in [1.165, 1.54) is 51.4 Å². The van der Waals surface area contributed by atoms with Crippen molar-refractivity contribution in [3.63, 3.8) is 0 Å². The first-order valence-electron chi connectivity index (χ1n) is 6.38. The van der Waals surface area contributed by atoms with Gasteiger partial charge in [0, 0.05) is 5.38 Å². The first kappa shape index (κ1) is 12.4. The van der Waals surface area contributed by atoms with E-state index in [4.69, 9.17) is 11.6 Å². The van der Waals surface area contributed by atoms with Crippen LogP contribution in [-0.2, 0) is 0 Å². The normalized spacial score (nSPS) is 22.5. The van der Waals surface area contributed by atoms with Crippen LogP contribution in [0.25, 0.3) is 0 Å². The van der Waals surface area contributed by atoms with E-state index in [0.717, 1.165) is 11.8 Å². The van der Waals surface area contributed by atoms with Crippen LogP contribution in [0.1, 0.15) is 65.2 Å². The molecule has 0 N–H and O–H groups in total. The van der Waals surface area contributed by atoms with E-state index in [0.29, 0.717) is 5.38 Å². The summed E-state index contributed by atoms with van der Waals surface area (Å²) in [7, 11) is 0. The van der Waals surface area contributed by atoms with E-state index in [-0.39, 0.29) is 0 Å². The van der Waals surface area contributed by atoms with Crippen LogP contribution in [0.4, 0.5) is 0 Å². The van der Waals surface area contributed by atoms with E-state index >= 15 is 0 Å². The lowest BCUT2D eigenvalue weighted by atomic mass is 9.94. The maximum Gasteiger partial charge on any atom is 0.0364 e. The Morgan fingerprint density at radius 1 is 1.14 bits per heavy atom. The van der Waals surface area contributed by atoms with Gasteiger partial charge in [-0.3, -0.25) is 0 Å². The Bertz CT molecular complexity index is 138. The summed E-state index contributed by atoms with van der Waals surface area (Å²) in [6.45, 7) is 4.63. The van der Waals surface area contributed by atoms with Gasteiger partial charge in [0.2, 0.25) is 0 Å². The molecule has 1 aliphatic carbocycles. The summed E-state index contributed by atoms with van der Waals surface area (Å²) in [6, 6.07) is 0. The zero-order valence-electron chi connectivity index (χ0n) is 9.77. The van der Waals surface area contributed by atoms with Crippen LogP contribution >= 0.6 is 11.6 Å². The molecule has 1 aliphatic rings. The average Bonchev–Trinajstić information content (AvgIpc) is 2.67. The minimum Gasteiger partial charge on any atom is -0.123 e. The number of hydrogen-bond acceptors (Lipinski definition) is 0. The second-order valence-electron chi connectivity index (χ2n) is 5.03. The molecule has 1 fully saturated rings. The molecule has 0 amide bonds. The van der Waals surface area contributed by atoms with Crippen molar-refractivity contribution in [2.45, 2.75) is 70.6 Å². The van der Waals surface area contributed by atoms with Gasteiger partial charge in [0.1, 0.15) is 0 Å². The number of halogens is 1. The van der Waals surface area contributed by atoms with Gasteiger partial charge >= 0.3 is 0 Å². The lowest BCUT2D eigenvalue weighted by Gasteiger charge is -2.18. The summed E-state index contributed by atoms with van der Waals surface area (Å²) < 4.78 is 0. The zero-order valence-corrected chi connectivity index (χ0v) is 10.5. The van der Waals surface area contributed by atoms with Crippen LogP contribution in [0.5, 0.6) is 0 Å². The molecule has 84 valence electrons. The van der Waals surface area contributed by atoms with Crippen LogP contribution < -0.4 is 0 Å². The molecule has 2 unspecified atom stereocenters. The molecular formula is C13H25Cl. The molecule has 2 atom stereocenters. The predicted octanol–water partition coefficient (Wildman–Crippen LogP) is 5.00. The van der Waals surface area contributed by atoms with Gasteiger partial charge in [-0.1, -0.05) is 39.5 Å². The third kappa shape index (κ3) is 4.21. The molecular weight excluding hydrogens is 192 g/mol. The first-order valence-corrected chi connectivity index (χ1v) is 6.81. The summed E-state index contributed by atoms with van der Waals surface area (Å²) in [5, 5.41) is 0.469. The maximum absolute atomic E-state index is 6.43. The summed E-state index contributed by atoms with van der Waals surface area (Å²) in [5.74, 6) is 1.72. The SMILES string of the molecule is CCCC(C)CCC(Cl)C1CCCC1. The standard InChI is InChI=1S/C13H25Cl/c1-3-6-11(2)9-10-13(14)12-7-4-5-8-12/h11-13H,3-10H2,1-2H3. The Kier molecular flexibility index (Phi) is 5.93. The highest BCUT2D eigenvalue weighted by Gasteiger charge is 2.23. The lowest BCUT2D eigenvalue weighted by Crippen LogP contribution is -2.12. The molecule has 1 saturated carbocycles. The highest BCUT2D eigenvalue weighted by atomic mass is 35.5. The zero-order chi connectivity index (χ0) is 10.4. The van der Waals surface area contributed by atoms with Crippen LogP contribution in [0.15, 0.2) is 0 Å². The molecule has 14 heavy (non-hydrogen) atoms. The van der Waals surface area contributed by atoms with Crippen molar-refractivity contribution >= 4 is 11.6 Å². The van der Waals surface area contributed by atoms with E-state index in [9.17, 15) is 0 Å². The summed E-state index contributed by atoms with van der Waals surface area (Å²) in [5.41, 5.74) is 0. The van der Waals surface area contributed by atoms with E-state index in [1.807, 2.05) is 0 Å². The monoisotopic (exact) mass is 216 g/mol. The Hall–Kier alpha value is 0.290. The molecule has 0 heterocycles. The molecule has 0 aromatic rings. The van der Waals surface area contributed by atoms with Gasteiger partial charge in [0.25, 0.3) is 0 Å². The molecule has 1 rings (SSSR count). The fraction of sp³-hybridized carbons (Fsp3) is 1.00. The lowest BCUT2D eigenvalue weighted by molar-refractivity contribution is 0.417. The van der Waals surface area contributed by atoms with Crippen molar-refractivity contribution in [3.8, 4) is 0 Å². The Morgan fingerprint density at radius 2 is 1.79 bits per heavy atom. The number of rotatable bonds is 6. The van der Waals surface area contributed by atoms with Crippen LogP contribution in [0.2, 0.25) is 0 Å². The van der Waals surface area contributed by atoms with Crippen LogP contribution in [0, 0.1) is 11.8 Å². The fourth-order valence-corrected chi connectivity index (χ4v) is 3.01. The van der Waals surface area contributed by atoms with Gasteiger partial charge < -0.3 is 0 Å². The topological polar surface area (TPSA) is 0 Å². The summed E-state index contributed by atoms with van der Waals surface area (Å²) in [6.07, 6.45) is 10.9. The molecule has 0 nitrogen and oxygen atoms in total. The van der Waals surface area contributed by atoms with Gasteiger partial charge in [0.05, 0.1) is 0 Å². The molecule has 0 saturated heterocycles. The quantitative estimate of drug-likeness (QED) is 0.548. The molecule has 0 bridgehead atoms. The fourth-order valence-electron chi connectivity index (χ4n) is 2.64. The van der Waals surface area contributed by atoms with E-state index < -0.39 is 0 Å². The molecule has 0 aromatic heterocycles. The second kappa shape index (κ2) is 6.71. The smallest absolute Gasteiger partial charge is 0.0364 e. The van der Waals surface area contributed by atoms with Crippen LogP contribution in [0.3, 0.4) is 0 Å². The van der Waals surface area contributed by atoms with Crippen LogP contribution in [-0.4, -0.2) is 5.38 Å². The molecule has 0 radical (unpaired) electrons.